The number of rotatable bonds is 5. The molecule has 0 amide bonds. The van der Waals surface area contributed by atoms with Crippen LogP contribution in [0.2, 0.25) is 0 Å². The van der Waals surface area contributed by atoms with Crippen molar-refractivity contribution in [1.29, 1.82) is 0 Å². The zero-order chi connectivity index (χ0) is 14.4. The predicted molar refractivity (Wildman–Crippen MR) is 73.4 cm³/mol. The van der Waals surface area contributed by atoms with E-state index in [0.717, 1.165) is 0 Å². The standard InChI is InChI=1S/C16H16NO3.ClH/c1-2-20-16(19)14-8-10-17(11-9-14)12-15(18)13-6-4-3-5-7-13;/h3-11H,2,12H2,1H3;1H/q+1;/p-1. The number of ether oxygens (including phenoxy) is 1. The number of benzene rings is 1. The molecule has 0 atom stereocenters. The van der Waals surface area contributed by atoms with Gasteiger partial charge in [0.1, 0.15) is 0 Å². The SMILES string of the molecule is CCOC(=O)c1cc[n+](CC(=O)c2ccccc2)cc1.[Cl-]. The Balaban J connectivity index is 0.00000220. The summed E-state index contributed by atoms with van der Waals surface area (Å²) in [7, 11) is 0. The second-order valence-electron chi connectivity index (χ2n) is 4.27. The molecule has 0 aliphatic rings. The van der Waals surface area contributed by atoms with Crippen LogP contribution in [0.5, 0.6) is 0 Å². The number of hydrogen-bond acceptors (Lipinski definition) is 3. The normalized spacial score (nSPS) is 9.57. The highest BCUT2D eigenvalue weighted by Gasteiger charge is 2.13. The molecule has 21 heavy (non-hydrogen) atoms. The number of nitrogens with zero attached hydrogens (tertiary/aromatic N) is 1. The minimum atomic E-state index is -0.353. The largest absolute Gasteiger partial charge is 1.00 e. The second kappa shape index (κ2) is 8.17. The Kier molecular flexibility index (Phi) is 6.56. The Morgan fingerprint density at radius 3 is 2.19 bits per heavy atom. The van der Waals surface area contributed by atoms with Crippen molar-refractivity contribution in [1.82, 2.24) is 0 Å². The highest BCUT2D eigenvalue weighted by molar-refractivity contribution is 5.95. The highest BCUT2D eigenvalue weighted by atomic mass is 35.5. The number of halogens is 1. The van der Waals surface area contributed by atoms with Crippen LogP contribution in [0.15, 0.2) is 54.9 Å². The zero-order valence-electron chi connectivity index (χ0n) is 11.7. The van der Waals surface area contributed by atoms with Crippen molar-refractivity contribution < 1.29 is 31.3 Å². The molecule has 0 aliphatic heterocycles. The van der Waals surface area contributed by atoms with Gasteiger partial charge in [0, 0.05) is 17.7 Å². The van der Waals surface area contributed by atoms with Gasteiger partial charge >= 0.3 is 5.97 Å². The van der Waals surface area contributed by atoms with Crippen LogP contribution >= 0.6 is 0 Å². The van der Waals surface area contributed by atoms with Crippen molar-refractivity contribution in [2.24, 2.45) is 0 Å². The van der Waals surface area contributed by atoms with Gasteiger partial charge in [-0.3, -0.25) is 4.79 Å². The molecule has 1 aromatic carbocycles. The van der Waals surface area contributed by atoms with Crippen LogP contribution in [-0.4, -0.2) is 18.4 Å². The lowest BCUT2D eigenvalue weighted by molar-refractivity contribution is -0.683. The predicted octanol–water partition coefficient (Wildman–Crippen LogP) is -0.962. The van der Waals surface area contributed by atoms with E-state index in [4.69, 9.17) is 4.74 Å². The van der Waals surface area contributed by atoms with Crippen molar-refractivity contribution in [3.63, 3.8) is 0 Å². The first kappa shape index (κ1) is 16.9. The summed E-state index contributed by atoms with van der Waals surface area (Å²) in [6, 6.07) is 12.4. The number of pyridine rings is 1. The van der Waals surface area contributed by atoms with Gasteiger partial charge < -0.3 is 17.1 Å². The molecule has 0 saturated heterocycles. The Morgan fingerprint density at radius 2 is 1.62 bits per heavy atom. The highest BCUT2D eigenvalue weighted by Crippen LogP contribution is 2.01. The molecule has 2 rings (SSSR count). The minimum absolute atomic E-state index is 0. The third-order valence-electron chi connectivity index (χ3n) is 2.82. The van der Waals surface area contributed by atoms with E-state index in [9.17, 15) is 9.59 Å². The van der Waals surface area contributed by atoms with E-state index >= 15 is 0 Å². The Hall–Kier alpha value is -2.20. The van der Waals surface area contributed by atoms with Gasteiger partial charge in [0.05, 0.1) is 12.2 Å². The van der Waals surface area contributed by atoms with Crippen LogP contribution in [-0.2, 0) is 11.3 Å². The molecular formula is C16H16ClNO3. The smallest absolute Gasteiger partial charge is 0.338 e. The van der Waals surface area contributed by atoms with E-state index in [-0.39, 0.29) is 30.7 Å². The molecule has 0 bridgehead atoms. The van der Waals surface area contributed by atoms with Crippen molar-refractivity contribution >= 4 is 11.8 Å². The van der Waals surface area contributed by atoms with Gasteiger partial charge in [-0.05, 0) is 6.92 Å². The lowest BCUT2D eigenvalue weighted by Gasteiger charge is -2.01. The van der Waals surface area contributed by atoms with Gasteiger partial charge in [-0.1, -0.05) is 30.3 Å². The van der Waals surface area contributed by atoms with Crippen molar-refractivity contribution in [3.05, 3.63) is 66.0 Å². The van der Waals surface area contributed by atoms with Gasteiger partial charge in [-0.25, -0.2) is 4.79 Å². The summed E-state index contributed by atoms with van der Waals surface area (Å²) < 4.78 is 6.64. The Labute approximate surface area is 129 Å². The molecule has 0 unspecified atom stereocenters. The summed E-state index contributed by atoms with van der Waals surface area (Å²) in [5.74, 6) is -0.325. The first-order valence-electron chi connectivity index (χ1n) is 6.45. The van der Waals surface area contributed by atoms with Crippen LogP contribution in [0.1, 0.15) is 27.6 Å². The van der Waals surface area contributed by atoms with Crippen LogP contribution < -0.4 is 17.0 Å². The number of carbonyl (C=O) groups excluding carboxylic acids is 2. The van der Waals surface area contributed by atoms with Gasteiger partial charge in [0.15, 0.2) is 12.4 Å². The molecule has 0 saturated carbocycles. The molecule has 110 valence electrons. The van der Waals surface area contributed by atoms with Gasteiger partial charge in [-0.15, -0.1) is 0 Å². The van der Waals surface area contributed by atoms with Gasteiger partial charge in [0.25, 0.3) is 0 Å². The van der Waals surface area contributed by atoms with Crippen LogP contribution in [0.25, 0.3) is 0 Å². The fraction of sp³-hybridized carbons (Fsp3) is 0.188. The average Bonchev–Trinajstić information content (AvgIpc) is 2.49. The molecule has 0 radical (unpaired) electrons. The zero-order valence-corrected chi connectivity index (χ0v) is 12.4. The van der Waals surface area contributed by atoms with E-state index in [0.29, 0.717) is 17.7 Å². The molecule has 0 N–H and O–H groups in total. The number of esters is 1. The van der Waals surface area contributed by atoms with Crippen molar-refractivity contribution in [3.8, 4) is 0 Å². The number of Topliss-reactive ketones (excluding diaryl/α,β-unsaturated/α-hetero) is 1. The van der Waals surface area contributed by atoms with E-state index in [1.807, 2.05) is 18.2 Å². The molecular weight excluding hydrogens is 290 g/mol. The molecule has 5 heteroatoms. The third kappa shape index (κ3) is 4.68. The Morgan fingerprint density at radius 1 is 1.00 bits per heavy atom. The summed E-state index contributed by atoms with van der Waals surface area (Å²) in [4.78, 5) is 23.5. The molecule has 1 heterocycles. The monoisotopic (exact) mass is 305 g/mol. The van der Waals surface area contributed by atoms with Crippen LogP contribution in [0.4, 0.5) is 0 Å². The molecule has 2 aromatic rings. The number of hydrogen-bond donors (Lipinski definition) is 0. The molecule has 1 aromatic heterocycles. The van der Waals surface area contributed by atoms with E-state index in [1.54, 1.807) is 48.1 Å². The lowest BCUT2D eigenvalue weighted by Crippen LogP contribution is -3.00. The average molecular weight is 306 g/mol. The summed E-state index contributed by atoms with van der Waals surface area (Å²) in [5.41, 5.74) is 1.16. The number of ketones is 1. The summed E-state index contributed by atoms with van der Waals surface area (Å²) in [6.45, 7) is 2.35. The fourth-order valence-electron chi connectivity index (χ4n) is 1.79. The van der Waals surface area contributed by atoms with Crippen molar-refractivity contribution in [2.75, 3.05) is 6.61 Å². The maximum atomic E-state index is 12.0. The lowest BCUT2D eigenvalue weighted by atomic mass is 10.1. The molecule has 0 spiro atoms. The molecule has 0 aliphatic carbocycles. The third-order valence-corrected chi connectivity index (χ3v) is 2.82. The number of carbonyl (C=O) groups is 2. The minimum Gasteiger partial charge on any atom is -1.00 e. The van der Waals surface area contributed by atoms with Crippen LogP contribution in [0, 0.1) is 0 Å². The quantitative estimate of drug-likeness (QED) is 0.406. The maximum absolute atomic E-state index is 12.0. The summed E-state index contributed by atoms with van der Waals surface area (Å²) in [5, 5.41) is 0. The fourth-order valence-corrected chi connectivity index (χ4v) is 1.79. The van der Waals surface area contributed by atoms with E-state index in [1.165, 1.54) is 0 Å². The summed E-state index contributed by atoms with van der Waals surface area (Å²) in [6.07, 6.45) is 3.40. The Bertz CT molecular complexity index is 597. The number of aromatic nitrogens is 1. The first-order valence-corrected chi connectivity index (χ1v) is 6.45. The van der Waals surface area contributed by atoms with Crippen LogP contribution in [0.3, 0.4) is 0 Å². The van der Waals surface area contributed by atoms with Crippen molar-refractivity contribution in [2.45, 2.75) is 13.5 Å². The van der Waals surface area contributed by atoms with E-state index in [2.05, 4.69) is 0 Å². The van der Waals surface area contributed by atoms with Gasteiger partial charge in [0.2, 0.25) is 12.3 Å². The summed E-state index contributed by atoms with van der Waals surface area (Å²) >= 11 is 0. The second-order valence-corrected chi connectivity index (χ2v) is 4.27. The molecule has 4 nitrogen and oxygen atoms in total. The maximum Gasteiger partial charge on any atom is 0.338 e. The van der Waals surface area contributed by atoms with E-state index < -0.39 is 0 Å². The first-order chi connectivity index (χ1) is 9.70. The topological polar surface area (TPSA) is 47.2 Å². The van der Waals surface area contributed by atoms with Gasteiger partial charge in [-0.2, -0.15) is 4.57 Å². The molecule has 0 fully saturated rings.